The number of nitrogens with one attached hydrogen (secondary N) is 1. The second-order valence-electron chi connectivity index (χ2n) is 4.69. The summed E-state index contributed by atoms with van der Waals surface area (Å²) in [6.45, 7) is 2.86. The number of carbonyl (C=O) groups excluding carboxylic acids is 1. The molecular formula is C16H17BrN2O. The summed E-state index contributed by atoms with van der Waals surface area (Å²) in [6.07, 6.45) is 0. The lowest BCUT2D eigenvalue weighted by molar-refractivity contribution is 0.100. The van der Waals surface area contributed by atoms with Gasteiger partial charge >= 0.3 is 0 Å². The first-order valence-corrected chi connectivity index (χ1v) is 7.24. The molecule has 0 aliphatic rings. The van der Waals surface area contributed by atoms with Crippen LogP contribution in [-0.4, -0.2) is 5.91 Å². The third-order valence-electron chi connectivity index (χ3n) is 3.22. The summed E-state index contributed by atoms with van der Waals surface area (Å²) in [5.74, 6) is -0.397. The van der Waals surface area contributed by atoms with Crippen LogP contribution in [0, 0.1) is 0 Å². The van der Waals surface area contributed by atoms with E-state index in [1.807, 2.05) is 30.3 Å². The normalized spacial score (nSPS) is 12.1. The number of rotatable bonds is 5. The van der Waals surface area contributed by atoms with Gasteiger partial charge in [0.05, 0.1) is 0 Å². The fraction of sp³-hybridized carbons (Fsp3) is 0.188. The zero-order chi connectivity index (χ0) is 14.5. The molecule has 104 valence electrons. The van der Waals surface area contributed by atoms with Crippen molar-refractivity contribution in [3.63, 3.8) is 0 Å². The summed E-state index contributed by atoms with van der Waals surface area (Å²) in [4.78, 5) is 11.0. The number of nitrogens with two attached hydrogens (primary N) is 1. The van der Waals surface area contributed by atoms with Crippen molar-refractivity contribution in [3.8, 4) is 0 Å². The van der Waals surface area contributed by atoms with Crippen molar-refractivity contribution in [3.05, 3.63) is 69.7 Å². The largest absolute Gasteiger partial charge is 0.366 e. The fourth-order valence-electron chi connectivity index (χ4n) is 1.99. The highest BCUT2D eigenvalue weighted by Crippen LogP contribution is 2.22. The monoisotopic (exact) mass is 332 g/mol. The summed E-state index contributed by atoms with van der Waals surface area (Å²) < 4.78 is 1.10. The minimum atomic E-state index is -0.397. The standard InChI is InChI=1S/C16H17BrN2O/c1-11(14-4-2-3-5-15(14)17)19-10-12-6-8-13(9-7-12)16(18)20/h2-9,11,19H,10H2,1H3,(H2,18,20). The number of hydrogen-bond acceptors (Lipinski definition) is 2. The number of carbonyl (C=O) groups is 1. The van der Waals surface area contributed by atoms with Crippen LogP contribution in [0.3, 0.4) is 0 Å². The molecular weight excluding hydrogens is 316 g/mol. The van der Waals surface area contributed by atoms with Gasteiger partial charge in [-0.3, -0.25) is 4.79 Å². The third kappa shape index (κ3) is 3.68. The zero-order valence-corrected chi connectivity index (χ0v) is 12.9. The molecule has 0 aliphatic carbocycles. The van der Waals surface area contributed by atoms with Gasteiger partial charge in [0.1, 0.15) is 0 Å². The molecule has 20 heavy (non-hydrogen) atoms. The van der Waals surface area contributed by atoms with Gasteiger partial charge in [-0.05, 0) is 36.2 Å². The Morgan fingerprint density at radius 1 is 1.20 bits per heavy atom. The van der Waals surface area contributed by atoms with E-state index < -0.39 is 5.91 Å². The predicted octanol–water partition coefficient (Wildman–Crippen LogP) is 3.40. The van der Waals surface area contributed by atoms with Gasteiger partial charge in [-0.15, -0.1) is 0 Å². The lowest BCUT2D eigenvalue weighted by Gasteiger charge is -2.16. The molecule has 1 amide bonds. The van der Waals surface area contributed by atoms with E-state index in [1.165, 1.54) is 5.56 Å². The number of amides is 1. The molecule has 0 radical (unpaired) electrons. The van der Waals surface area contributed by atoms with E-state index in [0.717, 1.165) is 16.6 Å². The molecule has 2 aromatic rings. The third-order valence-corrected chi connectivity index (χ3v) is 3.94. The number of halogens is 1. The van der Waals surface area contributed by atoms with Crippen molar-refractivity contribution in [1.82, 2.24) is 5.32 Å². The van der Waals surface area contributed by atoms with Crippen molar-refractivity contribution in [2.75, 3.05) is 0 Å². The van der Waals surface area contributed by atoms with Crippen LogP contribution in [0.25, 0.3) is 0 Å². The van der Waals surface area contributed by atoms with Crippen molar-refractivity contribution >= 4 is 21.8 Å². The van der Waals surface area contributed by atoms with Gasteiger partial charge < -0.3 is 11.1 Å². The molecule has 0 spiro atoms. The molecule has 1 atom stereocenters. The molecule has 0 bridgehead atoms. The lowest BCUT2D eigenvalue weighted by atomic mass is 10.1. The summed E-state index contributed by atoms with van der Waals surface area (Å²) in [7, 11) is 0. The Hall–Kier alpha value is -1.65. The Kier molecular flexibility index (Phi) is 4.93. The van der Waals surface area contributed by atoms with Crippen LogP contribution in [0.4, 0.5) is 0 Å². The van der Waals surface area contributed by atoms with Crippen LogP contribution in [0.5, 0.6) is 0 Å². The number of benzene rings is 2. The minimum absolute atomic E-state index is 0.237. The molecule has 0 fully saturated rings. The maximum Gasteiger partial charge on any atom is 0.248 e. The zero-order valence-electron chi connectivity index (χ0n) is 11.3. The molecule has 1 unspecified atom stereocenters. The van der Waals surface area contributed by atoms with Gasteiger partial charge in [-0.1, -0.05) is 46.3 Å². The SMILES string of the molecule is CC(NCc1ccc(C(N)=O)cc1)c1ccccc1Br. The Bertz CT molecular complexity index is 596. The second-order valence-corrected chi connectivity index (χ2v) is 5.54. The van der Waals surface area contributed by atoms with Gasteiger partial charge in [-0.25, -0.2) is 0 Å². The van der Waals surface area contributed by atoms with Gasteiger partial charge in [0.15, 0.2) is 0 Å². The first kappa shape index (κ1) is 14.8. The van der Waals surface area contributed by atoms with Gasteiger partial charge in [0, 0.05) is 22.6 Å². The highest BCUT2D eigenvalue weighted by Gasteiger charge is 2.08. The molecule has 0 saturated heterocycles. The van der Waals surface area contributed by atoms with Crippen LogP contribution in [0.2, 0.25) is 0 Å². The van der Waals surface area contributed by atoms with E-state index >= 15 is 0 Å². The molecule has 0 aromatic heterocycles. The van der Waals surface area contributed by atoms with E-state index in [1.54, 1.807) is 12.1 Å². The molecule has 3 nitrogen and oxygen atoms in total. The van der Waals surface area contributed by atoms with Crippen LogP contribution in [0.1, 0.15) is 34.5 Å². The Labute approximate surface area is 127 Å². The lowest BCUT2D eigenvalue weighted by Crippen LogP contribution is -2.18. The first-order valence-electron chi connectivity index (χ1n) is 6.44. The van der Waals surface area contributed by atoms with E-state index in [0.29, 0.717) is 5.56 Å². The molecule has 2 rings (SSSR count). The van der Waals surface area contributed by atoms with E-state index in [9.17, 15) is 4.79 Å². The Morgan fingerprint density at radius 2 is 1.85 bits per heavy atom. The van der Waals surface area contributed by atoms with Crippen molar-refractivity contribution < 1.29 is 4.79 Å². The van der Waals surface area contributed by atoms with Gasteiger partial charge in [0.25, 0.3) is 0 Å². The van der Waals surface area contributed by atoms with E-state index in [4.69, 9.17) is 5.73 Å². The first-order chi connectivity index (χ1) is 9.58. The van der Waals surface area contributed by atoms with Crippen LogP contribution >= 0.6 is 15.9 Å². The highest BCUT2D eigenvalue weighted by atomic mass is 79.9. The number of primary amides is 1. The molecule has 0 heterocycles. The molecule has 4 heteroatoms. The molecule has 0 saturated carbocycles. The topological polar surface area (TPSA) is 55.1 Å². The van der Waals surface area contributed by atoms with Gasteiger partial charge in [-0.2, -0.15) is 0 Å². The average Bonchev–Trinajstić information content (AvgIpc) is 2.45. The molecule has 0 aliphatic heterocycles. The van der Waals surface area contributed by atoms with Crippen LogP contribution in [-0.2, 0) is 6.54 Å². The fourth-order valence-corrected chi connectivity index (χ4v) is 2.62. The van der Waals surface area contributed by atoms with Crippen molar-refractivity contribution in [2.24, 2.45) is 5.73 Å². The van der Waals surface area contributed by atoms with Crippen LogP contribution in [0.15, 0.2) is 53.0 Å². The van der Waals surface area contributed by atoms with Gasteiger partial charge in [0.2, 0.25) is 5.91 Å². The number of hydrogen-bond donors (Lipinski definition) is 2. The average molecular weight is 333 g/mol. The van der Waals surface area contributed by atoms with Crippen molar-refractivity contribution in [2.45, 2.75) is 19.5 Å². The Balaban J connectivity index is 1.98. The quantitative estimate of drug-likeness (QED) is 0.881. The molecule has 3 N–H and O–H groups in total. The summed E-state index contributed by atoms with van der Waals surface area (Å²) >= 11 is 3.56. The van der Waals surface area contributed by atoms with Crippen LogP contribution < -0.4 is 11.1 Å². The Morgan fingerprint density at radius 3 is 2.45 bits per heavy atom. The summed E-state index contributed by atoms with van der Waals surface area (Å²) in [5, 5.41) is 3.46. The summed E-state index contributed by atoms with van der Waals surface area (Å²) in [6, 6.07) is 15.7. The van der Waals surface area contributed by atoms with Crippen molar-refractivity contribution in [1.29, 1.82) is 0 Å². The maximum atomic E-state index is 11.0. The smallest absolute Gasteiger partial charge is 0.248 e. The molecule has 2 aromatic carbocycles. The maximum absolute atomic E-state index is 11.0. The predicted molar refractivity (Wildman–Crippen MR) is 84.4 cm³/mol. The minimum Gasteiger partial charge on any atom is -0.366 e. The van der Waals surface area contributed by atoms with E-state index in [-0.39, 0.29) is 6.04 Å². The van der Waals surface area contributed by atoms with E-state index in [2.05, 4.69) is 34.2 Å². The second kappa shape index (κ2) is 6.68. The summed E-state index contributed by atoms with van der Waals surface area (Å²) in [5.41, 5.74) is 8.10. The highest BCUT2D eigenvalue weighted by molar-refractivity contribution is 9.10.